The zero-order valence-electron chi connectivity index (χ0n) is 20.5. The monoisotopic (exact) mass is 498 g/mol. The topological polar surface area (TPSA) is 102 Å². The van der Waals surface area contributed by atoms with Crippen LogP contribution in [0.5, 0.6) is 0 Å². The van der Waals surface area contributed by atoms with E-state index in [2.05, 4.69) is 5.32 Å². The molecule has 2 aliphatic rings. The lowest BCUT2D eigenvalue weighted by molar-refractivity contribution is -0.148. The van der Waals surface area contributed by atoms with Crippen molar-refractivity contribution in [2.45, 2.75) is 56.6 Å². The number of alkyl carbamates (subject to hydrolysis) is 1. The predicted molar refractivity (Wildman–Crippen MR) is 133 cm³/mol. The molecular weight excluding hydrogens is 468 g/mol. The molecule has 8 nitrogen and oxygen atoms in total. The Bertz CT molecular complexity index is 1310. The van der Waals surface area contributed by atoms with Crippen molar-refractivity contribution in [2.24, 2.45) is 0 Å². The van der Waals surface area contributed by atoms with Crippen LogP contribution < -0.4 is 9.62 Å². The average Bonchev–Trinajstić information content (AvgIpc) is 3.08. The van der Waals surface area contributed by atoms with Gasteiger partial charge in [-0.1, -0.05) is 35.9 Å². The Kier molecular flexibility index (Phi) is 6.17. The fraction of sp³-hybridized carbons (Fsp3) is 0.385. The maximum absolute atomic E-state index is 13.5. The second-order valence-electron chi connectivity index (χ2n) is 9.95. The van der Waals surface area contributed by atoms with E-state index >= 15 is 0 Å². The summed E-state index contributed by atoms with van der Waals surface area (Å²) in [5.74, 6) is -0.595. The summed E-state index contributed by atoms with van der Waals surface area (Å²) in [6, 6.07) is 12.1. The molecule has 1 aliphatic heterocycles. The highest BCUT2D eigenvalue weighted by Gasteiger charge is 2.46. The van der Waals surface area contributed by atoms with E-state index in [1.165, 1.54) is 11.4 Å². The molecular formula is C26H30N2O6S. The van der Waals surface area contributed by atoms with Gasteiger partial charge in [-0.3, -0.25) is 4.31 Å². The molecule has 0 radical (unpaired) electrons. The number of nitrogens with one attached hydrogen (secondary N) is 1. The summed E-state index contributed by atoms with van der Waals surface area (Å²) in [4.78, 5) is 25.8. The van der Waals surface area contributed by atoms with E-state index in [4.69, 9.17) is 9.47 Å². The molecule has 186 valence electrons. The first-order valence-corrected chi connectivity index (χ1v) is 12.8. The van der Waals surface area contributed by atoms with E-state index in [1.54, 1.807) is 57.2 Å². The molecule has 4 rings (SSSR count). The van der Waals surface area contributed by atoms with E-state index < -0.39 is 33.2 Å². The Hall–Kier alpha value is -3.33. The van der Waals surface area contributed by atoms with Crippen LogP contribution in [0.4, 0.5) is 10.5 Å². The summed E-state index contributed by atoms with van der Waals surface area (Å²) in [7, 11) is -2.52. The van der Waals surface area contributed by atoms with Gasteiger partial charge in [0.15, 0.2) is 0 Å². The summed E-state index contributed by atoms with van der Waals surface area (Å²) in [6.07, 6.45) is 1.34. The SMILES string of the molecule is COC(=O)C1(NC(=O)OC(C)(C)C)CC=C2CN(S(=O)(=O)c3ccc(C)cc3)c3cccc(c32)C1. The van der Waals surface area contributed by atoms with Crippen molar-refractivity contribution < 1.29 is 27.5 Å². The highest BCUT2D eigenvalue weighted by atomic mass is 32.2. The van der Waals surface area contributed by atoms with Gasteiger partial charge in [0.25, 0.3) is 10.0 Å². The lowest BCUT2D eigenvalue weighted by Crippen LogP contribution is -2.57. The first kappa shape index (κ1) is 24.8. The Morgan fingerprint density at radius 1 is 1.09 bits per heavy atom. The van der Waals surface area contributed by atoms with E-state index in [9.17, 15) is 18.0 Å². The van der Waals surface area contributed by atoms with Crippen LogP contribution >= 0.6 is 0 Å². The maximum Gasteiger partial charge on any atom is 0.408 e. The first-order valence-electron chi connectivity index (χ1n) is 11.4. The molecule has 1 N–H and O–H groups in total. The number of carbonyl (C=O) groups excluding carboxylic acids is 2. The number of rotatable bonds is 4. The minimum atomic E-state index is -3.79. The second kappa shape index (κ2) is 8.71. The number of methoxy groups -OCH3 is 1. The van der Waals surface area contributed by atoms with Crippen molar-refractivity contribution in [3.05, 3.63) is 65.2 Å². The fourth-order valence-electron chi connectivity index (χ4n) is 4.54. The van der Waals surface area contributed by atoms with Crippen LogP contribution in [-0.2, 0) is 30.7 Å². The van der Waals surface area contributed by atoms with Crippen LogP contribution in [0.25, 0.3) is 5.57 Å². The van der Waals surface area contributed by atoms with Crippen LogP contribution in [0.2, 0.25) is 0 Å². The van der Waals surface area contributed by atoms with Crippen molar-refractivity contribution in [1.29, 1.82) is 0 Å². The maximum atomic E-state index is 13.5. The highest BCUT2D eigenvalue weighted by Crippen LogP contribution is 2.44. The quantitative estimate of drug-likeness (QED) is 0.640. The van der Waals surface area contributed by atoms with Crippen molar-refractivity contribution in [2.75, 3.05) is 18.0 Å². The summed E-state index contributed by atoms with van der Waals surface area (Å²) in [5, 5.41) is 2.75. The smallest absolute Gasteiger partial charge is 0.408 e. The summed E-state index contributed by atoms with van der Waals surface area (Å²) in [5.41, 5.74) is 1.68. The fourth-order valence-corrected chi connectivity index (χ4v) is 6.00. The second-order valence-corrected chi connectivity index (χ2v) is 11.8. The molecule has 1 amide bonds. The molecule has 1 atom stereocenters. The van der Waals surface area contributed by atoms with Crippen molar-refractivity contribution >= 4 is 33.3 Å². The number of hydrogen-bond acceptors (Lipinski definition) is 6. The van der Waals surface area contributed by atoms with Gasteiger partial charge in [0.05, 0.1) is 24.2 Å². The Morgan fingerprint density at radius 2 is 1.77 bits per heavy atom. The Balaban J connectivity index is 1.74. The molecule has 0 spiro atoms. The third kappa shape index (κ3) is 4.65. The van der Waals surface area contributed by atoms with Crippen LogP contribution in [-0.4, -0.2) is 45.3 Å². The number of carbonyl (C=O) groups is 2. The number of sulfonamides is 1. The lowest BCUT2D eigenvalue weighted by atomic mass is 9.88. The standard InChI is InChI=1S/C26H30N2O6S/c1-17-9-11-20(12-10-17)35(31,32)28-16-19-13-14-26(23(29)33-5,27-24(30)34-25(2,3)4)15-18-7-6-8-21(28)22(18)19/h6-13H,14-16H2,1-5H3,(H,27,30). The van der Waals surface area contributed by atoms with Crippen LogP contribution in [0.3, 0.4) is 0 Å². The minimum Gasteiger partial charge on any atom is -0.467 e. The molecule has 35 heavy (non-hydrogen) atoms. The minimum absolute atomic E-state index is 0.126. The average molecular weight is 499 g/mol. The van der Waals surface area contributed by atoms with Gasteiger partial charge in [-0.25, -0.2) is 18.0 Å². The molecule has 2 aromatic carbocycles. The number of esters is 1. The molecule has 1 aliphatic carbocycles. The molecule has 1 unspecified atom stereocenters. The number of aryl methyl sites for hydroxylation is 1. The largest absolute Gasteiger partial charge is 0.467 e. The molecule has 0 saturated heterocycles. The molecule has 0 aromatic heterocycles. The van der Waals surface area contributed by atoms with Crippen molar-refractivity contribution in [3.63, 3.8) is 0 Å². The van der Waals surface area contributed by atoms with Gasteiger partial charge in [0, 0.05) is 18.4 Å². The zero-order chi connectivity index (χ0) is 25.6. The highest BCUT2D eigenvalue weighted by molar-refractivity contribution is 7.92. The molecule has 0 saturated carbocycles. The summed E-state index contributed by atoms with van der Waals surface area (Å²) >= 11 is 0. The van der Waals surface area contributed by atoms with Crippen LogP contribution in [0, 0.1) is 6.92 Å². The van der Waals surface area contributed by atoms with Crippen LogP contribution in [0.1, 0.15) is 43.9 Å². The molecule has 1 heterocycles. The summed E-state index contributed by atoms with van der Waals surface area (Å²) < 4.78 is 38.9. The van der Waals surface area contributed by atoms with Gasteiger partial charge in [0.1, 0.15) is 11.1 Å². The lowest BCUT2D eigenvalue weighted by Gasteiger charge is -2.32. The Morgan fingerprint density at radius 3 is 2.40 bits per heavy atom. The predicted octanol–water partition coefficient (Wildman–Crippen LogP) is 3.97. The number of ether oxygens (including phenoxy) is 2. The normalized spacial score (nSPS) is 19.3. The summed E-state index contributed by atoms with van der Waals surface area (Å²) in [6.45, 7) is 7.26. The van der Waals surface area contributed by atoms with E-state index in [0.29, 0.717) is 5.69 Å². The van der Waals surface area contributed by atoms with E-state index in [-0.39, 0.29) is 24.3 Å². The molecule has 0 bridgehead atoms. The third-order valence-corrected chi connectivity index (χ3v) is 7.92. The Labute approximate surface area is 206 Å². The third-order valence-electron chi connectivity index (χ3n) is 6.15. The van der Waals surface area contributed by atoms with Gasteiger partial charge in [0.2, 0.25) is 0 Å². The number of anilines is 1. The number of amides is 1. The molecule has 9 heteroatoms. The van der Waals surface area contributed by atoms with Gasteiger partial charge >= 0.3 is 12.1 Å². The number of benzene rings is 2. The van der Waals surface area contributed by atoms with Gasteiger partial charge < -0.3 is 14.8 Å². The molecule has 2 aromatic rings. The number of nitrogens with zero attached hydrogens (tertiary/aromatic N) is 1. The molecule has 0 fully saturated rings. The van der Waals surface area contributed by atoms with Gasteiger partial charge in [-0.2, -0.15) is 0 Å². The van der Waals surface area contributed by atoms with E-state index in [0.717, 1.165) is 22.3 Å². The van der Waals surface area contributed by atoms with E-state index in [1.807, 2.05) is 19.1 Å². The zero-order valence-corrected chi connectivity index (χ0v) is 21.4. The van der Waals surface area contributed by atoms with Crippen molar-refractivity contribution in [1.82, 2.24) is 5.32 Å². The van der Waals surface area contributed by atoms with Crippen molar-refractivity contribution in [3.8, 4) is 0 Å². The number of hydrogen-bond donors (Lipinski definition) is 1. The van der Waals surface area contributed by atoms with Crippen LogP contribution in [0.15, 0.2) is 53.4 Å². The van der Waals surface area contributed by atoms with Gasteiger partial charge in [-0.05, 0) is 57.0 Å². The first-order chi connectivity index (χ1) is 16.4. The van der Waals surface area contributed by atoms with Gasteiger partial charge in [-0.15, -0.1) is 0 Å².